The quantitative estimate of drug-likeness (QED) is 0.481. The van der Waals surface area contributed by atoms with E-state index in [4.69, 9.17) is 0 Å². The van der Waals surface area contributed by atoms with Crippen LogP contribution in [0.1, 0.15) is 18.4 Å². The van der Waals surface area contributed by atoms with Crippen molar-refractivity contribution in [1.29, 1.82) is 0 Å². The van der Waals surface area contributed by atoms with Crippen LogP contribution in [0.4, 0.5) is 5.69 Å². The van der Waals surface area contributed by atoms with Crippen LogP contribution < -0.4 is 5.32 Å². The molecular weight excluding hydrogens is 402 g/mol. The maximum atomic E-state index is 10.7. The Morgan fingerprint density at radius 2 is 2.00 bits per heavy atom. The van der Waals surface area contributed by atoms with Crippen molar-refractivity contribution in [3.63, 3.8) is 0 Å². The van der Waals surface area contributed by atoms with E-state index in [1.807, 2.05) is 29.9 Å². The second-order valence-electron chi connectivity index (χ2n) is 9.54. The molecule has 1 saturated heterocycles. The number of pyridine rings is 1. The van der Waals surface area contributed by atoms with E-state index >= 15 is 0 Å². The Bertz CT molecular complexity index is 1170. The highest BCUT2D eigenvalue weighted by atomic mass is 28.3. The van der Waals surface area contributed by atoms with Gasteiger partial charge in [-0.15, -0.1) is 5.54 Å². The number of likely N-dealkylation sites (N-methyl/N-ethyl adjacent to an activating group) is 1. The van der Waals surface area contributed by atoms with E-state index in [1.165, 1.54) is 12.8 Å². The molecule has 1 atom stereocenters. The first kappa shape index (κ1) is 21.4. The van der Waals surface area contributed by atoms with Crippen molar-refractivity contribution in [3.05, 3.63) is 36.0 Å². The summed E-state index contributed by atoms with van der Waals surface area (Å²) in [6.45, 7) is 8.81. The lowest BCUT2D eigenvalue weighted by Gasteiger charge is -2.30. The Morgan fingerprint density at radius 1 is 1.19 bits per heavy atom. The zero-order valence-electron chi connectivity index (χ0n) is 19.0. The molecule has 0 aliphatic carbocycles. The predicted molar refractivity (Wildman–Crippen MR) is 130 cm³/mol. The van der Waals surface area contributed by atoms with E-state index in [9.17, 15) is 5.11 Å². The van der Waals surface area contributed by atoms with E-state index < -0.39 is 8.07 Å². The molecule has 0 radical (unpaired) electrons. The van der Waals surface area contributed by atoms with Gasteiger partial charge in [0.1, 0.15) is 19.6 Å². The van der Waals surface area contributed by atoms with Crippen LogP contribution in [0.5, 0.6) is 5.75 Å². The Labute approximate surface area is 185 Å². The monoisotopic (exact) mass is 433 g/mol. The third-order valence-corrected chi connectivity index (χ3v) is 6.43. The van der Waals surface area contributed by atoms with Crippen LogP contribution in [0.3, 0.4) is 0 Å². The van der Waals surface area contributed by atoms with Crippen molar-refractivity contribution >= 4 is 24.9 Å². The number of aromatic nitrogens is 3. The number of phenols is 1. The van der Waals surface area contributed by atoms with Crippen molar-refractivity contribution in [2.24, 2.45) is 7.05 Å². The lowest BCUT2D eigenvalue weighted by atomic mass is 10.1. The van der Waals surface area contributed by atoms with Gasteiger partial charge in [0, 0.05) is 25.2 Å². The molecule has 0 bridgehead atoms. The fourth-order valence-corrected chi connectivity index (χ4v) is 4.49. The zero-order valence-corrected chi connectivity index (χ0v) is 20.0. The van der Waals surface area contributed by atoms with Gasteiger partial charge in [-0.3, -0.25) is 0 Å². The van der Waals surface area contributed by atoms with Crippen molar-refractivity contribution in [3.8, 4) is 28.6 Å². The summed E-state index contributed by atoms with van der Waals surface area (Å²) in [5.74, 6) is 4.07. The fourth-order valence-electron chi connectivity index (χ4n) is 3.97. The van der Waals surface area contributed by atoms with Crippen LogP contribution in [0.15, 0.2) is 30.5 Å². The molecule has 1 aliphatic heterocycles. The lowest BCUT2D eigenvalue weighted by molar-refractivity contribution is 0.261. The molecular formula is C24H31N5OSi. The van der Waals surface area contributed by atoms with Crippen LogP contribution in [-0.2, 0) is 7.05 Å². The molecule has 0 unspecified atom stereocenters. The maximum Gasteiger partial charge on any atom is 0.178 e. The molecule has 3 aromatic rings. The molecule has 162 valence electrons. The van der Waals surface area contributed by atoms with Gasteiger partial charge in [0.25, 0.3) is 0 Å². The molecule has 2 N–H and O–H groups in total. The standard InChI is InChI=1S/C24H31N5OSi/c1-28-11-6-7-18(16-28)26-19-14-21-23(25-15-19)27-24(29(21)2)20-9-8-17(13-22(20)30)10-12-31(3,4)5/h8-9,13-15,18,26,30H,6-7,11,16H2,1-5H3/t18-/m1/s1. The number of nitrogens with one attached hydrogen (secondary N) is 1. The number of imidazole rings is 1. The number of aromatic hydroxyl groups is 1. The summed E-state index contributed by atoms with van der Waals surface area (Å²) in [7, 11) is 2.66. The first-order valence-electron chi connectivity index (χ1n) is 10.8. The van der Waals surface area contributed by atoms with Crippen LogP contribution in [0, 0.1) is 11.5 Å². The summed E-state index contributed by atoms with van der Waals surface area (Å²) in [6.07, 6.45) is 4.22. The third-order valence-electron chi connectivity index (χ3n) is 5.55. The van der Waals surface area contributed by atoms with Crippen LogP contribution in [0.2, 0.25) is 19.6 Å². The van der Waals surface area contributed by atoms with Crippen molar-refractivity contribution < 1.29 is 5.11 Å². The molecule has 7 heteroatoms. The van der Waals surface area contributed by atoms with Gasteiger partial charge in [-0.1, -0.05) is 25.6 Å². The number of piperidine rings is 1. The first-order chi connectivity index (χ1) is 14.7. The number of benzene rings is 1. The van der Waals surface area contributed by atoms with Crippen molar-refractivity contribution in [1.82, 2.24) is 19.4 Å². The SMILES string of the molecule is CN1CCC[C@@H](Nc2cnc3nc(-c4ccc(C#C[Si](C)(C)C)cc4O)n(C)c3c2)C1. The van der Waals surface area contributed by atoms with E-state index in [-0.39, 0.29) is 5.75 Å². The van der Waals surface area contributed by atoms with Crippen LogP contribution in [0.25, 0.3) is 22.6 Å². The van der Waals surface area contributed by atoms with Gasteiger partial charge >= 0.3 is 0 Å². The summed E-state index contributed by atoms with van der Waals surface area (Å²) in [5, 5.41) is 14.3. The summed E-state index contributed by atoms with van der Waals surface area (Å²) >= 11 is 0. The normalized spacial score (nSPS) is 17.4. The lowest BCUT2D eigenvalue weighted by Crippen LogP contribution is -2.39. The number of likely N-dealkylation sites (tertiary alicyclic amines) is 1. The molecule has 31 heavy (non-hydrogen) atoms. The Hall–Kier alpha value is -2.82. The second kappa shape index (κ2) is 8.37. The highest BCUT2D eigenvalue weighted by Crippen LogP contribution is 2.31. The van der Waals surface area contributed by atoms with Gasteiger partial charge in [-0.05, 0) is 50.7 Å². The van der Waals surface area contributed by atoms with Gasteiger partial charge in [-0.25, -0.2) is 9.97 Å². The Kier molecular flexibility index (Phi) is 5.78. The van der Waals surface area contributed by atoms with Gasteiger partial charge in [0.2, 0.25) is 0 Å². The molecule has 4 rings (SSSR count). The number of fused-ring (bicyclic) bond motifs is 1. The van der Waals surface area contributed by atoms with Gasteiger partial charge in [0.05, 0.1) is 23.0 Å². The van der Waals surface area contributed by atoms with Crippen molar-refractivity contribution in [2.45, 2.75) is 38.5 Å². The molecule has 0 saturated carbocycles. The minimum atomic E-state index is -1.47. The number of anilines is 1. The Balaban J connectivity index is 1.62. The van der Waals surface area contributed by atoms with Crippen molar-refractivity contribution in [2.75, 3.05) is 25.5 Å². The van der Waals surface area contributed by atoms with Gasteiger partial charge in [0.15, 0.2) is 5.65 Å². The predicted octanol–water partition coefficient (Wildman–Crippen LogP) is 4.08. The summed E-state index contributed by atoms with van der Waals surface area (Å²) in [5.41, 5.74) is 7.45. The van der Waals surface area contributed by atoms with E-state index in [1.54, 1.807) is 6.07 Å². The van der Waals surface area contributed by atoms with Gasteiger partial charge < -0.3 is 19.9 Å². The first-order valence-corrected chi connectivity index (χ1v) is 14.3. The zero-order chi connectivity index (χ0) is 22.2. The molecule has 1 fully saturated rings. The largest absolute Gasteiger partial charge is 0.507 e. The number of nitrogens with zero attached hydrogens (tertiary/aromatic N) is 4. The molecule has 1 aromatic carbocycles. The summed E-state index contributed by atoms with van der Waals surface area (Å²) < 4.78 is 1.99. The molecule has 0 amide bonds. The average molecular weight is 434 g/mol. The third kappa shape index (κ3) is 4.92. The summed E-state index contributed by atoms with van der Waals surface area (Å²) in [4.78, 5) is 11.6. The Morgan fingerprint density at radius 3 is 2.71 bits per heavy atom. The van der Waals surface area contributed by atoms with Crippen LogP contribution >= 0.6 is 0 Å². The topological polar surface area (TPSA) is 66.2 Å². The number of rotatable bonds is 3. The second-order valence-corrected chi connectivity index (χ2v) is 14.3. The van der Waals surface area contributed by atoms with Gasteiger partial charge in [-0.2, -0.15) is 0 Å². The molecule has 0 spiro atoms. The number of phenolic OH excluding ortho intramolecular Hbond substituents is 1. The highest BCUT2D eigenvalue weighted by Gasteiger charge is 2.19. The minimum Gasteiger partial charge on any atom is -0.507 e. The number of aryl methyl sites for hydroxylation is 1. The molecule has 2 aromatic heterocycles. The minimum absolute atomic E-state index is 0.185. The fraction of sp³-hybridized carbons (Fsp3) is 0.417. The smallest absolute Gasteiger partial charge is 0.178 e. The number of hydrogen-bond acceptors (Lipinski definition) is 5. The van der Waals surface area contributed by atoms with E-state index in [0.717, 1.165) is 29.9 Å². The highest BCUT2D eigenvalue weighted by molar-refractivity contribution is 6.83. The summed E-state index contributed by atoms with van der Waals surface area (Å²) in [6, 6.07) is 8.09. The molecule has 1 aliphatic rings. The average Bonchev–Trinajstić information content (AvgIpc) is 3.02. The van der Waals surface area contributed by atoms with E-state index in [2.05, 4.69) is 64.4 Å². The van der Waals surface area contributed by atoms with Crippen LogP contribution in [-0.4, -0.2) is 58.8 Å². The molecule has 6 nitrogen and oxygen atoms in total. The maximum absolute atomic E-state index is 10.7. The number of hydrogen-bond donors (Lipinski definition) is 2. The van der Waals surface area contributed by atoms with E-state index in [0.29, 0.717) is 23.1 Å². The molecule has 3 heterocycles.